The molecule has 4 aromatic heterocycles. The predicted octanol–water partition coefficient (Wildman–Crippen LogP) is 6.95. The molecule has 0 radical (unpaired) electrons. The van der Waals surface area contributed by atoms with Crippen molar-refractivity contribution in [3.8, 4) is 11.1 Å². The number of aromatic amines is 1. The molecule has 16 heteroatoms. The lowest BCUT2D eigenvalue weighted by molar-refractivity contribution is 0.0509. The molecule has 2 amide bonds. The number of hydrogen-bond acceptors (Lipinski definition) is 10. The zero-order valence-electron chi connectivity index (χ0n) is 32.8. The minimum absolute atomic E-state index is 0.0303. The Kier molecular flexibility index (Phi) is 9.24. The summed E-state index contributed by atoms with van der Waals surface area (Å²) in [5, 5.41) is 3.24. The van der Waals surface area contributed by atoms with Crippen LogP contribution in [0, 0.1) is 17.0 Å². The number of nitrogens with one attached hydrogen (secondary N) is 2. The van der Waals surface area contributed by atoms with Crippen molar-refractivity contribution in [2.24, 2.45) is 12.5 Å². The standard InChI is InChI=1S/C40H45F2N7O7/c1-10-54-35(51)23-18-47(8)34-21(32(23)50)13-20(16-44-34)22-17-43-33-28(31(22)49-12-11-40(19-49)15-26(40)45-36(52)55-38(2,3)4)27-29(42)24(41)14-25(30(27)46-33)48(9)37(53)56-39(5,6)7/h13-14,16-18,26H,10-12,15,19H2,1-9H3,(H,43,46)(H,45,52). The number of esters is 1. The topological polar surface area (TPSA) is 161 Å². The van der Waals surface area contributed by atoms with Gasteiger partial charge in [-0.2, -0.15) is 0 Å². The molecule has 1 aromatic carbocycles. The molecule has 56 heavy (non-hydrogen) atoms. The van der Waals surface area contributed by atoms with Gasteiger partial charge < -0.3 is 34.0 Å². The number of carbonyl (C=O) groups is 3. The minimum Gasteiger partial charge on any atom is -0.462 e. The average molecular weight is 774 g/mol. The number of rotatable bonds is 6. The molecular formula is C40H45F2N7O7. The maximum absolute atomic E-state index is 16.3. The first kappa shape index (κ1) is 38.5. The van der Waals surface area contributed by atoms with E-state index in [2.05, 4.69) is 20.3 Å². The van der Waals surface area contributed by atoms with Crippen LogP contribution < -0.4 is 20.5 Å². The number of nitrogens with zero attached hydrogens (tertiary/aromatic N) is 5. The SMILES string of the molecule is CCOC(=O)c1cn(C)c2ncc(-c3cnc4[nH]c5c(N(C)C(=O)OC(C)(C)C)cc(F)c(F)c5c4c3N3CCC4(CC4NC(=O)OC(C)(C)C)C3)cc2c1=O. The number of benzene rings is 1. The molecule has 5 heterocycles. The lowest BCUT2D eigenvalue weighted by atomic mass is 10.0. The van der Waals surface area contributed by atoms with Gasteiger partial charge in [-0.1, -0.05) is 0 Å². The van der Waals surface area contributed by atoms with E-state index in [0.29, 0.717) is 48.4 Å². The van der Waals surface area contributed by atoms with Crippen LogP contribution in [0.4, 0.5) is 29.7 Å². The van der Waals surface area contributed by atoms with Gasteiger partial charge >= 0.3 is 18.2 Å². The van der Waals surface area contributed by atoms with Crippen molar-refractivity contribution in [2.45, 2.75) is 78.6 Å². The molecule has 7 rings (SSSR count). The highest BCUT2D eigenvalue weighted by Crippen LogP contribution is 2.56. The van der Waals surface area contributed by atoms with Gasteiger partial charge in [0, 0.05) is 74.4 Å². The first-order valence-electron chi connectivity index (χ1n) is 18.4. The fourth-order valence-electron chi connectivity index (χ4n) is 7.56. The van der Waals surface area contributed by atoms with Gasteiger partial charge in [0.05, 0.1) is 39.7 Å². The number of alkyl carbamates (subject to hydrolysis) is 1. The van der Waals surface area contributed by atoms with Crippen LogP contribution in [-0.4, -0.2) is 81.7 Å². The van der Waals surface area contributed by atoms with Crippen LogP contribution in [0.5, 0.6) is 0 Å². The van der Waals surface area contributed by atoms with Gasteiger partial charge in [0.2, 0.25) is 5.43 Å². The highest BCUT2D eigenvalue weighted by molar-refractivity contribution is 6.19. The molecule has 1 spiro atoms. The van der Waals surface area contributed by atoms with Crippen LogP contribution in [-0.2, 0) is 21.3 Å². The third-order valence-corrected chi connectivity index (χ3v) is 10.2. The van der Waals surface area contributed by atoms with Gasteiger partial charge in [-0.05, 0) is 67.4 Å². The van der Waals surface area contributed by atoms with E-state index in [9.17, 15) is 19.2 Å². The number of halogens is 2. The first-order chi connectivity index (χ1) is 26.2. The second-order valence-electron chi connectivity index (χ2n) is 16.6. The average Bonchev–Trinajstić information content (AvgIpc) is 3.39. The Morgan fingerprint density at radius 2 is 1.77 bits per heavy atom. The van der Waals surface area contributed by atoms with Gasteiger partial charge in [0.1, 0.15) is 28.1 Å². The van der Waals surface area contributed by atoms with Crippen LogP contribution >= 0.6 is 0 Å². The smallest absolute Gasteiger partial charge is 0.414 e. The maximum Gasteiger partial charge on any atom is 0.414 e. The molecule has 2 fully saturated rings. The van der Waals surface area contributed by atoms with Crippen LogP contribution in [0.3, 0.4) is 0 Å². The molecule has 1 aliphatic carbocycles. The normalized spacial score (nSPS) is 18.2. The highest BCUT2D eigenvalue weighted by atomic mass is 19.2. The van der Waals surface area contributed by atoms with E-state index in [1.165, 1.54) is 13.2 Å². The number of carbonyl (C=O) groups excluding carboxylic acids is 3. The lowest BCUT2D eigenvalue weighted by Gasteiger charge is -2.25. The summed E-state index contributed by atoms with van der Waals surface area (Å²) >= 11 is 0. The molecule has 0 bridgehead atoms. The molecule has 1 saturated heterocycles. The molecule has 2 atom stereocenters. The van der Waals surface area contributed by atoms with Crippen molar-refractivity contribution in [3.05, 3.63) is 58.1 Å². The molecule has 2 unspecified atom stereocenters. The zero-order chi connectivity index (χ0) is 40.6. The molecule has 296 valence electrons. The van der Waals surface area contributed by atoms with E-state index in [1.807, 2.05) is 4.90 Å². The first-order valence-corrected chi connectivity index (χ1v) is 18.4. The second kappa shape index (κ2) is 13.4. The molecule has 1 aliphatic heterocycles. The van der Waals surface area contributed by atoms with E-state index >= 15 is 8.78 Å². The van der Waals surface area contributed by atoms with Crippen LogP contribution in [0.1, 0.15) is 71.7 Å². The second-order valence-corrected chi connectivity index (χ2v) is 16.6. The molecule has 2 N–H and O–H groups in total. The van der Waals surface area contributed by atoms with Gasteiger partial charge in [-0.3, -0.25) is 9.69 Å². The lowest BCUT2D eigenvalue weighted by Crippen LogP contribution is -2.36. The quantitative estimate of drug-likeness (QED) is 0.137. The van der Waals surface area contributed by atoms with E-state index in [-0.39, 0.29) is 56.6 Å². The summed E-state index contributed by atoms with van der Waals surface area (Å²) in [7, 11) is 3.07. The number of aromatic nitrogens is 4. The van der Waals surface area contributed by atoms with Crippen LogP contribution in [0.15, 0.2) is 35.5 Å². The van der Waals surface area contributed by atoms with Crippen molar-refractivity contribution in [1.82, 2.24) is 24.8 Å². The summed E-state index contributed by atoms with van der Waals surface area (Å²) in [5.74, 6) is -3.11. The summed E-state index contributed by atoms with van der Waals surface area (Å²) in [5.41, 5.74) is -0.557. The van der Waals surface area contributed by atoms with Crippen molar-refractivity contribution < 1.29 is 37.4 Å². The number of amides is 2. The summed E-state index contributed by atoms with van der Waals surface area (Å²) in [4.78, 5) is 68.0. The Balaban J connectivity index is 1.42. The maximum atomic E-state index is 16.3. The van der Waals surface area contributed by atoms with Crippen molar-refractivity contribution in [2.75, 3.05) is 36.5 Å². The van der Waals surface area contributed by atoms with Gasteiger partial charge in [-0.25, -0.2) is 33.1 Å². The van der Waals surface area contributed by atoms with Crippen molar-refractivity contribution >= 4 is 62.5 Å². The third kappa shape index (κ3) is 6.85. The zero-order valence-corrected chi connectivity index (χ0v) is 32.8. The van der Waals surface area contributed by atoms with E-state index in [1.54, 1.807) is 78.5 Å². The Bertz CT molecular complexity index is 2520. The Labute approximate surface area is 321 Å². The largest absolute Gasteiger partial charge is 0.462 e. The molecule has 1 saturated carbocycles. The number of hydrogen-bond donors (Lipinski definition) is 2. The molecule has 2 aliphatic rings. The third-order valence-electron chi connectivity index (χ3n) is 10.2. The monoisotopic (exact) mass is 773 g/mol. The van der Waals surface area contributed by atoms with E-state index in [0.717, 1.165) is 11.0 Å². The van der Waals surface area contributed by atoms with E-state index < -0.39 is 46.4 Å². The van der Waals surface area contributed by atoms with Crippen LogP contribution in [0.25, 0.3) is 44.1 Å². The fraction of sp³-hybridized carbons (Fsp3) is 0.450. The number of H-pyrrole nitrogens is 1. The van der Waals surface area contributed by atoms with Gasteiger partial charge in [-0.15, -0.1) is 0 Å². The van der Waals surface area contributed by atoms with Crippen LogP contribution in [0.2, 0.25) is 0 Å². The summed E-state index contributed by atoms with van der Waals surface area (Å²) < 4.78 is 49.8. The number of aryl methyl sites for hydroxylation is 1. The summed E-state index contributed by atoms with van der Waals surface area (Å²) in [6.45, 7) is 13.1. The van der Waals surface area contributed by atoms with E-state index in [4.69, 9.17) is 14.2 Å². The Morgan fingerprint density at radius 1 is 1.05 bits per heavy atom. The minimum atomic E-state index is -1.19. The Hall–Kier alpha value is -5.80. The number of anilines is 2. The molecular weight excluding hydrogens is 728 g/mol. The predicted molar refractivity (Wildman–Crippen MR) is 207 cm³/mol. The number of pyridine rings is 3. The molecule has 5 aromatic rings. The highest BCUT2D eigenvalue weighted by Gasteiger charge is 2.59. The Morgan fingerprint density at radius 3 is 2.45 bits per heavy atom. The number of ether oxygens (including phenoxy) is 3. The molecule has 14 nitrogen and oxygen atoms in total. The fourth-order valence-corrected chi connectivity index (χ4v) is 7.56. The summed E-state index contributed by atoms with van der Waals surface area (Å²) in [6, 6.07) is 2.35. The summed E-state index contributed by atoms with van der Waals surface area (Å²) in [6.07, 6.45) is 4.55. The van der Waals surface area contributed by atoms with Crippen molar-refractivity contribution in [1.29, 1.82) is 0 Å². The number of fused-ring (bicyclic) bond motifs is 4. The van der Waals surface area contributed by atoms with Crippen molar-refractivity contribution in [3.63, 3.8) is 0 Å². The van der Waals surface area contributed by atoms with Gasteiger partial charge in [0.25, 0.3) is 0 Å². The van der Waals surface area contributed by atoms with Gasteiger partial charge in [0.15, 0.2) is 11.6 Å².